The number of rotatable bonds is 4. The summed E-state index contributed by atoms with van der Waals surface area (Å²) in [4.78, 5) is 0. The van der Waals surface area contributed by atoms with Crippen molar-refractivity contribution < 1.29 is 4.39 Å². The van der Waals surface area contributed by atoms with Gasteiger partial charge in [-0.2, -0.15) is 0 Å². The van der Waals surface area contributed by atoms with Crippen LogP contribution in [0.2, 0.25) is 5.02 Å². The van der Waals surface area contributed by atoms with Gasteiger partial charge in [-0.25, -0.2) is 4.39 Å². The molecule has 0 fully saturated rings. The molecule has 2 aromatic rings. The molecule has 0 bridgehead atoms. The third-order valence-electron chi connectivity index (χ3n) is 2.92. The smallest absolute Gasteiger partial charge is 0.137 e. The number of benzene rings is 2. The lowest BCUT2D eigenvalue weighted by Gasteiger charge is -2.13. The molecule has 4 heteroatoms. The van der Waals surface area contributed by atoms with Gasteiger partial charge in [0.15, 0.2) is 0 Å². The maximum absolute atomic E-state index is 13.1. The molecule has 1 unspecified atom stereocenters. The molecule has 2 N–H and O–H groups in total. The van der Waals surface area contributed by atoms with Crippen LogP contribution in [0.15, 0.2) is 46.9 Å². The molecule has 0 aliphatic heterocycles. The van der Waals surface area contributed by atoms with Crippen LogP contribution < -0.4 is 5.73 Å². The Balaban J connectivity index is 2.03. The van der Waals surface area contributed by atoms with E-state index in [0.717, 1.165) is 16.1 Å². The van der Waals surface area contributed by atoms with Crippen LogP contribution in [0.25, 0.3) is 0 Å². The Labute approximate surface area is 125 Å². The predicted molar refractivity (Wildman–Crippen MR) is 80.9 cm³/mol. The lowest BCUT2D eigenvalue weighted by atomic mass is 10.00. The van der Waals surface area contributed by atoms with Crippen molar-refractivity contribution in [3.8, 4) is 0 Å². The number of hydrogen-bond acceptors (Lipinski definition) is 1. The molecule has 0 amide bonds. The van der Waals surface area contributed by atoms with Crippen molar-refractivity contribution in [3.63, 3.8) is 0 Å². The average Bonchev–Trinajstić information content (AvgIpc) is 2.37. The normalized spacial score (nSPS) is 12.4. The van der Waals surface area contributed by atoms with Gasteiger partial charge >= 0.3 is 0 Å². The zero-order chi connectivity index (χ0) is 13.8. The Hall–Kier alpha value is -0.900. The number of nitrogens with two attached hydrogens (primary N) is 1. The second-order valence-electron chi connectivity index (χ2n) is 4.51. The second-order valence-corrected chi connectivity index (χ2v) is 5.77. The van der Waals surface area contributed by atoms with Crippen LogP contribution in [-0.4, -0.2) is 6.04 Å². The number of hydrogen-bond donors (Lipinski definition) is 1. The molecule has 0 aromatic heterocycles. The summed E-state index contributed by atoms with van der Waals surface area (Å²) in [6.07, 6.45) is 1.39. The van der Waals surface area contributed by atoms with E-state index in [1.807, 2.05) is 24.3 Å². The van der Waals surface area contributed by atoms with Crippen LogP contribution in [0.5, 0.6) is 0 Å². The Morgan fingerprint density at radius 1 is 1.16 bits per heavy atom. The van der Waals surface area contributed by atoms with Crippen molar-refractivity contribution >= 4 is 27.5 Å². The molecule has 2 aromatic carbocycles. The molecule has 0 aliphatic carbocycles. The van der Waals surface area contributed by atoms with E-state index < -0.39 is 0 Å². The van der Waals surface area contributed by atoms with E-state index in [2.05, 4.69) is 15.9 Å². The largest absolute Gasteiger partial charge is 0.327 e. The van der Waals surface area contributed by atoms with Crippen molar-refractivity contribution in [2.45, 2.75) is 18.9 Å². The number of halogens is 3. The summed E-state index contributed by atoms with van der Waals surface area (Å²) < 4.78 is 13.6. The van der Waals surface area contributed by atoms with Crippen molar-refractivity contribution in [2.75, 3.05) is 0 Å². The third kappa shape index (κ3) is 4.03. The van der Waals surface area contributed by atoms with Gasteiger partial charge in [-0.15, -0.1) is 0 Å². The lowest BCUT2D eigenvalue weighted by molar-refractivity contribution is 0.617. The third-order valence-corrected chi connectivity index (χ3v) is 3.90. The fourth-order valence-electron chi connectivity index (χ4n) is 1.99. The van der Waals surface area contributed by atoms with E-state index in [4.69, 9.17) is 17.3 Å². The van der Waals surface area contributed by atoms with Gasteiger partial charge in [-0.05, 0) is 58.1 Å². The first kappa shape index (κ1) is 14.5. The van der Waals surface area contributed by atoms with E-state index in [-0.39, 0.29) is 11.9 Å². The fourth-order valence-corrected chi connectivity index (χ4v) is 2.63. The SMILES string of the molecule is NC(Cc1ccc(F)c(Br)c1)Cc1ccccc1Cl. The highest BCUT2D eigenvalue weighted by atomic mass is 79.9. The van der Waals surface area contributed by atoms with Crippen molar-refractivity contribution in [1.82, 2.24) is 0 Å². The highest BCUT2D eigenvalue weighted by Gasteiger charge is 2.09. The Kier molecular flexibility index (Phi) is 4.97. The molecule has 1 atom stereocenters. The van der Waals surface area contributed by atoms with E-state index in [1.165, 1.54) is 6.07 Å². The van der Waals surface area contributed by atoms with E-state index in [9.17, 15) is 4.39 Å². The minimum absolute atomic E-state index is 0.0442. The molecule has 0 saturated heterocycles. The van der Waals surface area contributed by atoms with Gasteiger partial charge in [0.25, 0.3) is 0 Å². The van der Waals surface area contributed by atoms with Crippen molar-refractivity contribution in [2.24, 2.45) is 5.73 Å². The quantitative estimate of drug-likeness (QED) is 0.878. The lowest BCUT2D eigenvalue weighted by Crippen LogP contribution is -2.25. The van der Waals surface area contributed by atoms with Gasteiger partial charge in [-0.3, -0.25) is 0 Å². The first-order valence-corrected chi connectivity index (χ1v) is 7.16. The summed E-state index contributed by atoms with van der Waals surface area (Å²) in [6, 6.07) is 12.6. The standard InChI is InChI=1S/C15H14BrClFN/c16-13-8-10(5-6-15(13)18)7-12(19)9-11-3-1-2-4-14(11)17/h1-6,8,12H,7,9,19H2. The first-order chi connectivity index (χ1) is 9.06. The van der Waals surface area contributed by atoms with Gasteiger partial charge < -0.3 is 5.73 Å². The predicted octanol–water partition coefficient (Wildman–Crippen LogP) is 4.35. The van der Waals surface area contributed by atoms with E-state index >= 15 is 0 Å². The summed E-state index contributed by atoms with van der Waals surface area (Å²) in [7, 11) is 0. The molecular formula is C15H14BrClFN. The maximum Gasteiger partial charge on any atom is 0.137 e. The highest BCUT2D eigenvalue weighted by Crippen LogP contribution is 2.20. The molecule has 0 radical (unpaired) electrons. The molecule has 0 saturated carbocycles. The molecule has 0 aliphatic rings. The minimum atomic E-state index is -0.261. The molecule has 100 valence electrons. The van der Waals surface area contributed by atoms with Crippen LogP contribution in [0, 0.1) is 5.82 Å². The van der Waals surface area contributed by atoms with Crippen LogP contribution >= 0.6 is 27.5 Å². The fraction of sp³-hybridized carbons (Fsp3) is 0.200. The summed E-state index contributed by atoms with van der Waals surface area (Å²) in [6.45, 7) is 0. The van der Waals surface area contributed by atoms with E-state index in [1.54, 1.807) is 12.1 Å². The van der Waals surface area contributed by atoms with Crippen LogP contribution in [0.1, 0.15) is 11.1 Å². The monoisotopic (exact) mass is 341 g/mol. The van der Waals surface area contributed by atoms with Gasteiger partial charge in [0.1, 0.15) is 5.82 Å². The Morgan fingerprint density at radius 3 is 2.58 bits per heavy atom. The van der Waals surface area contributed by atoms with Gasteiger partial charge in [-0.1, -0.05) is 35.9 Å². The summed E-state index contributed by atoms with van der Waals surface area (Å²) in [5, 5.41) is 0.734. The van der Waals surface area contributed by atoms with Gasteiger partial charge in [0, 0.05) is 11.1 Å². The van der Waals surface area contributed by atoms with Crippen LogP contribution in [0.3, 0.4) is 0 Å². The molecule has 2 rings (SSSR count). The summed E-state index contributed by atoms with van der Waals surface area (Å²) in [5.74, 6) is -0.261. The maximum atomic E-state index is 13.1. The second kappa shape index (κ2) is 6.51. The van der Waals surface area contributed by atoms with Crippen molar-refractivity contribution in [1.29, 1.82) is 0 Å². The van der Waals surface area contributed by atoms with Gasteiger partial charge in [0.2, 0.25) is 0 Å². The Bertz CT molecular complexity index is 574. The zero-order valence-electron chi connectivity index (χ0n) is 10.2. The van der Waals surface area contributed by atoms with Crippen molar-refractivity contribution in [3.05, 3.63) is 68.9 Å². The van der Waals surface area contributed by atoms with E-state index in [0.29, 0.717) is 17.3 Å². The minimum Gasteiger partial charge on any atom is -0.327 e. The topological polar surface area (TPSA) is 26.0 Å². The first-order valence-electron chi connectivity index (χ1n) is 5.99. The van der Waals surface area contributed by atoms with Crippen LogP contribution in [0.4, 0.5) is 4.39 Å². The zero-order valence-corrected chi connectivity index (χ0v) is 12.6. The molecule has 1 nitrogen and oxygen atoms in total. The molecule has 0 heterocycles. The highest BCUT2D eigenvalue weighted by molar-refractivity contribution is 9.10. The molecular weight excluding hydrogens is 329 g/mol. The average molecular weight is 343 g/mol. The molecule has 19 heavy (non-hydrogen) atoms. The summed E-state index contributed by atoms with van der Waals surface area (Å²) in [5.41, 5.74) is 8.17. The van der Waals surface area contributed by atoms with Crippen LogP contribution in [-0.2, 0) is 12.8 Å². The summed E-state index contributed by atoms with van der Waals surface area (Å²) >= 11 is 9.28. The Morgan fingerprint density at radius 2 is 1.89 bits per heavy atom. The van der Waals surface area contributed by atoms with Gasteiger partial charge in [0.05, 0.1) is 4.47 Å². The molecule has 0 spiro atoms.